The van der Waals surface area contributed by atoms with Gasteiger partial charge in [-0.15, -0.1) is 0 Å². The van der Waals surface area contributed by atoms with Gasteiger partial charge in [0.1, 0.15) is 0 Å². The van der Waals surface area contributed by atoms with Crippen molar-refractivity contribution in [2.45, 2.75) is 19.5 Å². The molecule has 2 aromatic carbocycles. The Bertz CT molecular complexity index is 1090. The lowest BCUT2D eigenvalue weighted by Gasteiger charge is -2.29. The molecule has 0 radical (unpaired) electrons. The lowest BCUT2D eigenvalue weighted by Crippen LogP contribution is -2.30. The van der Waals surface area contributed by atoms with Gasteiger partial charge in [0.2, 0.25) is 0 Å². The Balaban J connectivity index is 1.63. The molecule has 8 heteroatoms. The Morgan fingerprint density at radius 1 is 1.07 bits per heavy atom. The summed E-state index contributed by atoms with van der Waals surface area (Å²) in [6.07, 6.45) is 0.918. The highest BCUT2D eigenvalue weighted by molar-refractivity contribution is 5.98. The number of rotatable bonds is 6. The fourth-order valence-electron chi connectivity index (χ4n) is 3.95. The number of furan rings is 1. The number of nitrogens with one attached hydrogen (secondary N) is 1. The molecule has 4 rings (SSSR count). The van der Waals surface area contributed by atoms with Gasteiger partial charge in [-0.2, -0.15) is 0 Å². The summed E-state index contributed by atoms with van der Waals surface area (Å²) in [5.74, 6) is 6.99. The minimum Gasteiger partial charge on any atom is -0.493 e. The van der Waals surface area contributed by atoms with Gasteiger partial charge in [-0.05, 0) is 47.4 Å². The highest BCUT2D eigenvalue weighted by Gasteiger charge is 2.22. The third-order valence-corrected chi connectivity index (χ3v) is 5.50. The minimum atomic E-state index is -0.479. The van der Waals surface area contributed by atoms with Crippen LogP contribution in [-0.4, -0.2) is 38.7 Å². The van der Waals surface area contributed by atoms with Crippen LogP contribution in [0.2, 0.25) is 0 Å². The average molecular weight is 411 g/mol. The zero-order valence-corrected chi connectivity index (χ0v) is 17.3. The Labute approximate surface area is 174 Å². The molecule has 0 unspecified atom stereocenters. The van der Waals surface area contributed by atoms with Crippen LogP contribution in [0.4, 0.5) is 0 Å². The number of carbonyl (C=O) groups is 1. The molecule has 3 N–H and O–H groups in total. The molecule has 1 aromatic heterocycles. The number of benzene rings is 2. The molecular formula is C22H25N3O5. The lowest BCUT2D eigenvalue weighted by molar-refractivity contribution is 0.0928. The number of methoxy groups -OCH3 is 3. The number of amides is 1. The van der Waals surface area contributed by atoms with Crippen LogP contribution in [0.1, 0.15) is 27.2 Å². The van der Waals surface area contributed by atoms with Crippen LogP contribution < -0.4 is 25.5 Å². The zero-order chi connectivity index (χ0) is 21.3. The first-order valence-corrected chi connectivity index (χ1v) is 9.64. The van der Waals surface area contributed by atoms with Crippen molar-refractivity contribution < 1.29 is 23.4 Å². The third kappa shape index (κ3) is 3.55. The van der Waals surface area contributed by atoms with Crippen molar-refractivity contribution in [1.82, 2.24) is 10.3 Å². The van der Waals surface area contributed by atoms with Gasteiger partial charge in [-0.25, -0.2) is 5.84 Å². The Kier molecular flexibility index (Phi) is 5.52. The molecule has 158 valence electrons. The second-order valence-electron chi connectivity index (χ2n) is 7.19. The summed E-state index contributed by atoms with van der Waals surface area (Å²) < 4.78 is 22.0. The summed E-state index contributed by atoms with van der Waals surface area (Å²) in [4.78, 5) is 14.3. The van der Waals surface area contributed by atoms with E-state index in [4.69, 9.17) is 24.5 Å². The molecule has 1 aliphatic heterocycles. The van der Waals surface area contributed by atoms with Gasteiger partial charge in [-0.1, -0.05) is 6.07 Å². The van der Waals surface area contributed by atoms with Gasteiger partial charge in [0.05, 0.1) is 21.3 Å². The predicted molar refractivity (Wildman–Crippen MR) is 112 cm³/mol. The normalized spacial score (nSPS) is 13.7. The molecule has 0 saturated carbocycles. The molecule has 30 heavy (non-hydrogen) atoms. The molecule has 1 aliphatic rings. The Morgan fingerprint density at radius 3 is 2.43 bits per heavy atom. The van der Waals surface area contributed by atoms with Gasteiger partial charge in [0.25, 0.3) is 0 Å². The number of hydrazine groups is 1. The first-order valence-electron chi connectivity index (χ1n) is 9.64. The Hall–Kier alpha value is -3.23. The number of fused-ring (bicyclic) bond motifs is 2. The minimum absolute atomic E-state index is 0.152. The standard InChI is InChI=1S/C22H25N3O5/c1-27-17-5-4-14(16-10-20(22(26)24-23)30-21(16)17)11-25-7-6-13-8-18(28-2)19(29-3)9-15(13)12-25/h4-5,8-10H,6-7,11-12,23H2,1-3H3,(H,24,26). The van der Waals surface area contributed by atoms with Crippen molar-refractivity contribution in [3.8, 4) is 17.2 Å². The average Bonchev–Trinajstić information content (AvgIpc) is 3.23. The first kappa shape index (κ1) is 20.1. The van der Waals surface area contributed by atoms with Gasteiger partial charge in [0.15, 0.2) is 28.6 Å². The maximum Gasteiger partial charge on any atom is 0.300 e. The van der Waals surface area contributed by atoms with E-state index < -0.39 is 5.91 Å². The zero-order valence-electron chi connectivity index (χ0n) is 17.3. The molecule has 0 atom stereocenters. The van der Waals surface area contributed by atoms with Crippen LogP contribution in [0.3, 0.4) is 0 Å². The van der Waals surface area contributed by atoms with Crippen LogP contribution in [0.25, 0.3) is 11.0 Å². The number of nitrogen functional groups attached to an aromatic ring is 1. The maximum absolute atomic E-state index is 11.9. The van der Waals surface area contributed by atoms with E-state index in [1.54, 1.807) is 27.4 Å². The number of nitrogens with zero attached hydrogens (tertiary/aromatic N) is 1. The first-order chi connectivity index (χ1) is 14.6. The van der Waals surface area contributed by atoms with Crippen molar-refractivity contribution >= 4 is 16.9 Å². The summed E-state index contributed by atoms with van der Waals surface area (Å²) in [7, 11) is 4.87. The molecule has 0 saturated heterocycles. The fourth-order valence-corrected chi connectivity index (χ4v) is 3.95. The van der Waals surface area contributed by atoms with Crippen molar-refractivity contribution in [3.05, 3.63) is 52.8 Å². The number of hydrogen-bond acceptors (Lipinski definition) is 7. The highest BCUT2D eigenvalue weighted by atomic mass is 16.5. The number of carbonyl (C=O) groups excluding carboxylic acids is 1. The summed E-state index contributed by atoms with van der Waals surface area (Å²) in [5.41, 5.74) is 6.19. The summed E-state index contributed by atoms with van der Waals surface area (Å²) in [6, 6.07) is 9.68. The van der Waals surface area contributed by atoms with Crippen molar-refractivity contribution in [3.63, 3.8) is 0 Å². The predicted octanol–water partition coefficient (Wildman–Crippen LogP) is 2.62. The largest absolute Gasteiger partial charge is 0.493 e. The van der Waals surface area contributed by atoms with E-state index >= 15 is 0 Å². The van der Waals surface area contributed by atoms with Gasteiger partial charge < -0.3 is 18.6 Å². The molecule has 0 fully saturated rings. The van der Waals surface area contributed by atoms with Gasteiger partial charge >= 0.3 is 5.91 Å². The topological polar surface area (TPSA) is 99.2 Å². The molecule has 0 aliphatic carbocycles. The number of hydrogen-bond donors (Lipinski definition) is 2. The molecule has 2 heterocycles. The third-order valence-electron chi connectivity index (χ3n) is 5.50. The molecule has 0 spiro atoms. The van der Waals surface area contributed by atoms with E-state index in [0.717, 1.165) is 42.0 Å². The van der Waals surface area contributed by atoms with Crippen LogP contribution in [0, 0.1) is 0 Å². The molecule has 8 nitrogen and oxygen atoms in total. The fraction of sp³-hybridized carbons (Fsp3) is 0.318. The molecule has 0 bridgehead atoms. The van der Waals surface area contributed by atoms with Gasteiger partial charge in [0, 0.05) is 25.0 Å². The van der Waals surface area contributed by atoms with E-state index in [1.807, 2.05) is 18.2 Å². The lowest BCUT2D eigenvalue weighted by atomic mass is 9.98. The van der Waals surface area contributed by atoms with E-state index in [2.05, 4.69) is 16.4 Å². The molecule has 3 aromatic rings. The highest BCUT2D eigenvalue weighted by Crippen LogP contribution is 2.35. The van der Waals surface area contributed by atoms with Gasteiger partial charge in [-0.3, -0.25) is 15.1 Å². The quantitative estimate of drug-likeness (QED) is 0.365. The van der Waals surface area contributed by atoms with E-state index in [-0.39, 0.29) is 5.76 Å². The van der Waals surface area contributed by atoms with Crippen LogP contribution >= 0.6 is 0 Å². The maximum atomic E-state index is 11.9. The second-order valence-corrected chi connectivity index (χ2v) is 7.19. The van der Waals surface area contributed by atoms with E-state index in [9.17, 15) is 4.79 Å². The van der Waals surface area contributed by atoms with Crippen molar-refractivity contribution in [2.24, 2.45) is 5.84 Å². The van der Waals surface area contributed by atoms with Crippen LogP contribution in [0.15, 0.2) is 34.7 Å². The van der Waals surface area contributed by atoms with Crippen molar-refractivity contribution in [1.29, 1.82) is 0 Å². The molecule has 1 amide bonds. The second kappa shape index (κ2) is 8.25. The van der Waals surface area contributed by atoms with E-state index in [1.165, 1.54) is 11.1 Å². The van der Waals surface area contributed by atoms with E-state index in [0.29, 0.717) is 17.9 Å². The van der Waals surface area contributed by atoms with Crippen LogP contribution in [0.5, 0.6) is 17.2 Å². The SMILES string of the molecule is COc1cc2c(cc1OC)CN(Cc1ccc(OC)c3oc(C(=O)NN)cc13)CC2. The van der Waals surface area contributed by atoms with Crippen molar-refractivity contribution in [2.75, 3.05) is 27.9 Å². The smallest absolute Gasteiger partial charge is 0.300 e. The summed E-state index contributed by atoms with van der Waals surface area (Å²) >= 11 is 0. The Morgan fingerprint density at radius 2 is 1.77 bits per heavy atom. The van der Waals surface area contributed by atoms with Crippen LogP contribution in [-0.2, 0) is 19.5 Å². The molecular weight excluding hydrogens is 386 g/mol. The number of nitrogens with two attached hydrogens (primary N) is 1. The summed E-state index contributed by atoms with van der Waals surface area (Å²) in [5, 5.41) is 0.839. The summed E-state index contributed by atoms with van der Waals surface area (Å²) in [6.45, 7) is 2.40. The number of ether oxygens (including phenoxy) is 3. The monoisotopic (exact) mass is 411 g/mol.